The molecule has 0 aliphatic heterocycles. The number of ether oxygens (including phenoxy) is 1. The lowest BCUT2D eigenvalue weighted by atomic mass is 10.1. The van der Waals surface area contributed by atoms with E-state index in [1.807, 2.05) is 54.8 Å². The number of hydrogen-bond acceptors (Lipinski definition) is 5. The summed E-state index contributed by atoms with van der Waals surface area (Å²) in [6, 6.07) is 13.5. The van der Waals surface area contributed by atoms with Gasteiger partial charge in [-0.25, -0.2) is 9.78 Å². The summed E-state index contributed by atoms with van der Waals surface area (Å²) in [5, 5.41) is 2.93. The number of nitrogens with one attached hydrogen (secondary N) is 1. The number of oxazole rings is 1. The maximum absolute atomic E-state index is 11.3. The zero-order chi connectivity index (χ0) is 16.5. The standard InChI is InChI=1S/C18H14N2O3S/c1-2-22-13-6-3-11(4-7-13)17-19-15(10-24-17)12-5-8-14-16(9-12)23-18(21)20-14/h3-10H,2H2,1H3,(H,20,21). The van der Waals surface area contributed by atoms with E-state index in [2.05, 4.69) is 9.97 Å². The van der Waals surface area contributed by atoms with Gasteiger partial charge < -0.3 is 9.15 Å². The van der Waals surface area contributed by atoms with Gasteiger partial charge in [0.05, 0.1) is 17.8 Å². The van der Waals surface area contributed by atoms with E-state index < -0.39 is 5.76 Å². The zero-order valence-corrected chi connectivity index (χ0v) is 13.7. The van der Waals surface area contributed by atoms with Crippen molar-refractivity contribution in [3.8, 4) is 27.6 Å². The topological polar surface area (TPSA) is 68.1 Å². The molecule has 0 unspecified atom stereocenters. The molecule has 0 amide bonds. The van der Waals surface area contributed by atoms with Gasteiger partial charge in [0, 0.05) is 16.5 Å². The minimum absolute atomic E-state index is 0.449. The van der Waals surface area contributed by atoms with Crippen molar-refractivity contribution in [1.82, 2.24) is 9.97 Å². The average Bonchev–Trinajstić information content (AvgIpc) is 3.21. The molecule has 2 heterocycles. The summed E-state index contributed by atoms with van der Waals surface area (Å²) < 4.78 is 10.6. The number of nitrogens with zero attached hydrogens (tertiary/aromatic N) is 1. The molecule has 0 bridgehead atoms. The lowest BCUT2D eigenvalue weighted by Crippen LogP contribution is -1.92. The van der Waals surface area contributed by atoms with Crippen LogP contribution in [0.15, 0.2) is 57.1 Å². The Morgan fingerprint density at radius 3 is 2.75 bits per heavy atom. The Bertz CT molecular complexity index is 1040. The second-order valence-electron chi connectivity index (χ2n) is 5.22. The van der Waals surface area contributed by atoms with Gasteiger partial charge in [0.15, 0.2) is 5.58 Å². The zero-order valence-electron chi connectivity index (χ0n) is 12.9. The molecule has 2 aromatic carbocycles. The average molecular weight is 338 g/mol. The minimum atomic E-state index is -0.449. The summed E-state index contributed by atoms with van der Waals surface area (Å²) in [6.07, 6.45) is 0. The number of hydrogen-bond donors (Lipinski definition) is 1. The highest BCUT2D eigenvalue weighted by molar-refractivity contribution is 7.13. The number of H-pyrrole nitrogens is 1. The molecule has 0 saturated heterocycles. The molecule has 0 fully saturated rings. The largest absolute Gasteiger partial charge is 0.494 e. The molecule has 0 aliphatic carbocycles. The summed E-state index contributed by atoms with van der Waals surface area (Å²) in [5.41, 5.74) is 4.04. The van der Waals surface area contributed by atoms with Crippen LogP contribution in [0.4, 0.5) is 0 Å². The highest BCUT2D eigenvalue weighted by Crippen LogP contribution is 2.30. The Morgan fingerprint density at radius 2 is 1.96 bits per heavy atom. The first kappa shape index (κ1) is 14.7. The highest BCUT2D eigenvalue weighted by atomic mass is 32.1. The highest BCUT2D eigenvalue weighted by Gasteiger charge is 2.09. The predicted octanol–water partition coefficient (Wildman–Crippen LogP) is 4.31. The van der Waals surface area contributed by atoms with Crippen LogP contribution in [-0.2, 0) is 0 Å². The van der Waals surface area contributed by atoms with E-state index in [-0.39, 0.29) is 0 Å². The van der Waals surface area contributed by atoms with Crippen molar-refractivity contribution in [3.63, 3.8) is 0 Å². The summed E-state index contributed by atoms with van der Waals surface area (Å²) in [7, 11) is 0. The molecule has 4 rings (SSSR count). The molecule has 1 N–H and O–H groups in total. The molecule has 24 heavy (non-hydrogen) atoms. The number of thiazole rings is 1. The third-order valence-electron chi connectivity index (χ3n) is 3.63. The Kier molecular flexibility index (Phi) is 3.66. The summed E-state index contributed by atoms with van der Waals surface area (Å²) in [4.78, 5) is 18.6. The van der Waals surface area contributed by atoms with Gasteiger partial charge in [-0.1, -0.05) is 6.07 Å². The third-order valence-corrected chi connectivity index (χ3v) is 4.52. The molecule has 0 spiro atoms. The fourth-order valence-corrected chi connectivity index (χ4v) is 3.34. The van der Waals surface area contributed by atoms with Crippen LogP contribution in [0.3, 0.4) is 0 Å². The molecule has 0 atom stereocenters. The van der Waals surface area contributed by atoms with Crippen LogP contribution in [0.2, 0.25) is 0 Å². The Labute approximate surface area is 141 Å². The van der Waals surface area contributed by atoms with Crippen LogP contribution >= 0.6 is 11.3 Å². The van der Waals surface area contributed by atoms with E-state index >= 15 is 0 Å². The van der Waals surface area contributed by atoms with Crippen molar-refractivity contribution in [1.29, 1.82) is 0 Å². The number of aromatic amines is 1. The maximum atomic E-state index is 11.3. The van der Waals surface area contributed by atoms with Crippen molar-refractivity contribution in [2.24, 2.45) is 0 Å². The molecule has 2 aromatic heterocycles. The van der Waals surface area contributed by atoms with Crippen molar-refractivity contribution < 1.29 is 9.15 Å². The van der Waals surface area contributed by atoms with Gasteiger partial charge in [0.1, 0.15) is 10.8 Å². The summed E-state index contributed by atoms with van der Waals surface area (Å²) in [5.74, 6) is 0.404. The van der Waals surface area contributed by atoms with Gasteiger partial charge in [-0.3, -0.25) is 4.98 Å². The first-order valence-electron chi connectivity index (χ1n) is 7.55. The molecule has 0 saturated carbocycles. The van der Waals surface area contributed by atoms with Gasteiger partial charge in [-0.2, -0.15) is 0 Å². The molecule has 0 aliphatic rings. The van der Waals surface area contributed by atoms with E-state index in [1.165, 1.54) is 0 Å². The van der Waals surface area contributed by atoms with Gasteiger partial charge in [-0.05, 0) is 43.3 Å². The van der Waals surface area contributed by atoms with Crippen molar-refractivity contribution in [2.75, 3.05) is 6.61 Å². The SMILES string of the molecule is CCOc1ccc(-c2nc(-c3ccc4[nH]c(=O)oc4c3)cs2)cc1. The second kappa shape index (κ2) is 5.98. The van der Waals surface area contributed by atoms with E-state index in [0.29, 0.717) is 17.7 Å². The summed E-state index contributed by atoms with van der Waals surface area (Å²) >= 11 is 1.58. The normalized spacial score (nSPS) is 11.0. The monoisotopic (exact) mass is 338 g/mol. The Morgan fingerprint density at radius 1 is 1.17 bits per heavy atom. The predicted molar refractivity (Wildman–Crippen MR) is 94.5 cm³/mol. The molecule has 4 aromatic rings. The van der Waals surface area contributed by atoms with Crippen LogP contribution in [0.25, 0.3) is 32.9 Å². The maximum Gasteiger partial charge on any atom is 0.417 e. The van der Waals surface area contributed by atoms with Gasteiger partial charge in [-0.15, -0.1) is 11.3 Å². The molecular weight excluding hydrogens is 324 g/mol. The van der Waals surface area contributed by atoms with Crippen LogP contribution in [0.5, 0.6) is 5.75 Å². The van der Waals surface area contributed by atoms with Crippen LogP contribution in [0.1, 0.15) is 6.92 Å². The lowest BCUT2D eigenvalue weighted by Gasteiger charge is -2.03. The molecular formula is C18H14N2O3S. The van der Waals surface area contributed by atoms with Gasteiger partial charge >= 0.3 is 5.76 Å². The summed E-state index contributed by atoms with van der Waals surface area (Å²) in [6.45, 7) is 2.61. The Balaban J connectivity index is 1.66. The number of fused-ring (bicyclic) bond motifs is 1. The van der Waals surface area contributed by atoms with Crippen LogP contribution in [0, 0.1) is 0 Å². The molecule has 0 radical (unpaired) electrons. The van der Waals surface area contributed by atoms with Crippen LogP contribution < -0.4 is 10.5 Å². The second-order valence-corrected chi connectivity index (χ2v) is 6.08. The first-order valence-corrected chi connectivity index (χ1v) is 8.43. The van der Waals surface area contributed by atoms with E-state index in [1.54, 1.807) is 11.3 Å². The minimum Gasteiger partial charge on any atom is -0.494 e. The van der Waals surface area contributed by atoms with E-state index in [0.717, 1.165) is 27.6 Å². The van der Waals surface area contributed by atoms with Crippen molar-refractivity contribution in [3.05, 3.63) is 58.4 Å². The third kappa shape index (κ3) is 2.72. The van der Waals surface area contributed by atoms with E-state index in [9.17, 15) is 4.79 Å². The quantitative estimate of drug-likeness (QED) is 0.602. The lowest BCUT2D eigenvalue weighted by molar-refractivity contribution is 0.340. The van der Waals surface area contributed by atoms with Crippen LogP contribution in [-0.4, -0.2) is 16.6 Å². The fourth-order valence-electron chi connectivity index (χ4n) is 2.50. The molecule has 120 valence electrons. The van der Waals surface area contributed by atoms with Gasteiger partial charge in [0.25, 0.3) is 0 Å². The number of aromatic nitrogens is 2. The van der Waals surface area contributed by atoms with Crippen molar-refractivity contribution in [2.45, 2.75) is 6.92 Å². The first-order chi connectivity index (χ1) is 11.7. The number of rotatable bonds is 4. The van der Waals surface area contributed by atoms with Crippen molar-refractivity contribution >= 4 is 22.4 Å². The smallest absolute Gasteiger partial charge is 0.417 e. The van der Waals surface area contributed by atoms with Gasteiger partial charge in [0.2, 0.25) is 0 Å². The molecule has 6 heteroatoms. The number of benzene rings is 2. The fraction of sp³-hybridized carbons (Fsp3) is 0.111. The van der Waals surface area contributed by atoms with E-state index in [4.69, 9.17) is 9.15 Å². The Hall–Kier alpha value is -2.86. The molecule has 5 nitrogen and oxygen atoms in total.